The fraction of sp³-hybridized carbons (Fsp3) is 0.394. The van der Waals surface area contributed by atoms with Crippen LogP contribution < -0.4 is 14.8 Å². The van der Waals surface area contributed by atoms with E-state index in [1.165, 1.54) is 33.5 Å². The van der Waals surface area contributed by atoms with Crippen LogP contribution in [-0.4, -0.2) is 76.0 Å². The molecule has 4 rings (SSSR count). The number of carbonyl (C=O) groups excluding carboxylic acids is 2. The number of hydrogen-bond donors (Lipinski definition) is 1. The summed E-state index contributed by atoms with van der Waals surface area (Å²) < 4.78 is 43.7. The van der Waals surface area contributed by atoms with Crippen LogP contribution in [-0.2, 0) is 30.9 Å². The minimum atomic E-state index is -3.66. The Morgan fingerprint density at radius 3 is 2.23 bits per heavy atom. The molecule has 3 aromatic carbocycles. The van der Waals surface area contributed by atoms with Gasteiger partial charge in [0.25, 0.3) is 5.91 Å². The summed E-state index contributed by atoms with van der Waals surface area (Å²) in [6, 6.07) is 21.6. The average molecular weight is 624 g/mol. The van der Waals surface area contributed by atoms with E-state index < -0.39 is 22.0 Å². The fourth-order valence-corrected chi connectivity index (χ4v) is 6.32. The van der Waals surface area contributed by atoms with Crippen molar-refractivity contribution >= 4 is 21.8 Å². The molecule has 0 radical (unpaired) electrons. The lowest BCUT2D eigenvalue weighted by Crippen LogP contribution is -2.45. The van der Waals surface area contributed by atoms with Crippen LogP contribution in [0, 0.1) is 0 Å². The molecule has 1 saturated heterocycles. The van der Waals surface area contributed by atoms with Gasteiger partial charge in [0.15, 0.2) is 6.61 Å². The molecule has 11 heteroatoms. The van der Waals surface area contributed by atoms with Gasteiger partial charge in [-0.05, 0) is 53.9 Å². The molecule has 1 N–H and O–H groups in total. The van der Waals surface area contributed by atoms with Crippen LogP contribution in [0.5, 0.6) is 11.5 Å². The molecular weight excluding hydrogens is 582 g/mol. The minimum absolute atomic E-state index is 0.142. The Morgan fingerprint density at radius 2 is 1.59 bits per heavy atom. The quantitative estimate of drug-likeness (QED) is 0.253. The number of nitrogens with zero attached hydrogens (tertiary/aromatic N) is 2. The number of unbranched alkanes of at least 4 members (excludes halogenated alkanes) is 2. The zero-order chi connectivity index (χ0) is 31.4. The van der Waals surface area contributed by atoms with E-state index in [0.29, 0.717) is 49.9 Å². The van der Waals surface area contributed by atoms with E-state index in [1.807, 2.05) is 54.6 Å². The largest absolute Gasteiger partial charge is 0.497 e. The van der Waals surface area contributed by atoms with Crippen molar-refractivity contribution in [1.82, 2.24) is 14.5 Å². The van der Waals surface area contributed by atoms with Crippen LogP contribution >= 0.6 is 0 Å². The molecule has 0 saturated carbocycles. The highest BCUT2D eigenvalue weighted by Crippen LogP contribution is 2.26. The molecule has 1 atom stereocenters. The molecule has 236 valence electrons. The number of sulfonamides is 1. The summed E-state index contributed by atoms with van der Waals surface area (Å²) in [5, 5.41) is 3.01. The van der Waals surface area contributed by atoms with E-state index in [-0.39, 0.29) is 24.0 Å². The minimum Gasteiger partial charge on any atom is -0.497 e. The molecule has 1 fully saturated rings. The number of nitrogens with one attached hydrogen (secondary N) is 1. The van der Waals surface area contributed by atoms with Gasteiger partial charge in [-0.15, -0.1) is 0 Å². The standard InChI is InChI=1S/C33H41N3O7S/c1-3-4-8-19-34-33(38)32(27-9-6-5-7-10-27)36(24-26-11-13-28(41-2)14-12-26)31(37)25-43-29-15-17-30(18-16-29)44(39,40)35-20-22-42-23-21-35/h5-7,9-18,32H,3-4,8,19-25H2,1-2H3,(H,34,38)/t32-/m0/s1. The summed E-state index contributed by atoms with van der Waals surface area (Å²) in [5.41, 5.74) is 1.50. The summed E-state index contributed by atoms with van der Waals surface area (Å²) in [6.45, 7) is 3.73. The van der Waals surface area contributed by atoms with Gasteiger partial charge in [-0.25, -0.2) is 8.42 Å². The molecule has 1 aliphatic rings. The topological polar surface area (TPSA) is 114 Å². The molecule has 0 aliphatic carbocycles. The van der Waals surface area contributed by atoms with Crippen molar-refractivity contribution in [2.75, 3.05) is 46.6 Å². The third-order valence-corrected chi connectivity index (χ3v) is 9.29. The molecular formula is C33H41N3O7S. The number of rotatable bonds is 15. The van der Waals surface area contributed by atoms with Gasteiger partial charge in [0.2, 0.25) is 15.9 Å². The first-order chi connectivity index (χ1) is 21.3. The second-order valence-electron chi connectivity index (χ2n) is 10.5. The number of benzene rings is 3. The van der Waals surface area contributed by atoms with Gasteiger partial charge in [0.05, 0.1) is 25.2 Å². The van der Waals surface area contributed by atoms with Gasteiger partial charge >= 0.3 is 0 Å². The number of morpholine rings is 1. The van der Waals surface area contributed by atoms with Gasteiger partial charge in [-0.1, -0.05) is 62.2 Å². The SMILES string of the molecule is CCCCCNC(=O)[C@H](c1ccccc1)N(Cc1ccc(OC)cc1)C(=O)COc1ccc(S(=O)(=O)N2CCOCC2)cc1. The Morgan fingerprint density at radius 1 is 0.932 bits per heavy atom. The Bertz CT molecular complexity index is 1440. The first-order valence-electron chi connectivity index (χ1n) is 14.9. The van der Waals surface area contributed by atoms with Crippen molar-refractivity contribution < 1.29 is 32.2 Å². The zero-order valence-electron chi connectivity index (χ0n) is 25.3. The van der Waals surface area contributed by atoms with E-state index in [9.17, 15) is 18.0 Å². The normalized spacial score (nSPS) is 14.4. The number of carbonyl (C=O) groups is 2. The number of amides is 2. The van der Waals surface area contributed by atoms with E-state index >= 15 is 0 Å². The highest BCUT2D eigenvalue weighted by atomic mass is 32.2. The molecule has 0 aromatic heterocycles. The maximum absolute atomic E-state index is 13.9. The van der Waals surface area contributed by atoms with Crippen molar-refractivity contribution in [1.29, 1.82) is 0 Å². The zero-order valence-corrected chi connectivity index (χ0v) is 26.1. The van der Waals surface area contributed by atoms with Crippen LogP contribution in [0.15, 0.2) is 83.8 Å². The van der Waals surface area contributed by atoms with E-state index in [2.05, 4.69) is 12.2 Å². The lowest BCUT2D eigenvalue weighted by Gasteiger charge is -2.31. The molecule has 44 heavy (non-hydrogen) atoms. The first kappa shape index (κ1) is 33.0. The fourth-order valence-electron chi connectivity index (χ4n) is 4.91. The lowest BCUT2D eigenvalue weighted by molar-refractivity contribution is -0.143. The van der Waals surface area contributed by atoms with Crippen LogP contribution in [0.3, 0.4) is 0 Å². The molecule has 1 heterocycles. The van der Waals surface area contributed by atoms with Crippen LogP contribution in [0.2, 0.25) is 0 Å². The predicted molar refractivity (Wildman–Crippen MR) is 167 cm³/mol. The molecule has 10 nitrogen and oxygen atoms in total. The summed E-state index contributed by atoms with van der Waals surface area (Å²) in [4.78, 5) is 29.2. The average Bonchev–Trinajstić information content (AvgIpc) is 3.06. The third kappa shape index (κ3) is 8.81. The highest BCUT2D eigenvalue weighted by Gasteiger charge is 2.32. The van der Waals surface area contributed by atoms with Crippen molar-refractivity contribution in [2.24, 2.45) is 0 Å². The molecule has 0 bridgehead atoms. The Labute approximate surface area is 260 Å². The summed E-state index contributed by atoms with van der Waals surface area (Å²) >= 11 is 0. The predicted octanol–water partition coefficient (Wildman–Crippen LogP) is 4.17. The third-order valence-electron chi connectivity index (χ3n) is 7.38. The molecule has 1 aliphatic heterocycles. The lowest BCUT2D eigenvalue weighted by atomic mass is 10.0. The smallest absolute Gasteiger partial charge is 0.261 e. The summed E-state index contributed by atoms with van der Waals surface area (Å²) in [6.07, 6.45) is 2.86. The molecule has 0 unspecified atom stereocenters. The molecule has 2 amide bonds. The van der Waals surface area contributed by atoms with Gasteiger partial charge in [-0.2, -0.15) is 4.31 Å². The van der Waals surface area contributed by atoms with Crippen LogP contribution in [0.25, 0.3) is 0 Å². The van der Waals surface area contributed by atoms with E-state index in [1.54, 1.807) is 7.11 Å². The van der Waals surface area contributed by atoms with Crippen LogP contribution in [0.1, 0.15) is 43.4 Å². The number of methoxy groups -OCH3 is 1. The molecule has 3 aromatic rings. The van der Waals surface area contributed by atoms with Gasteiger partial charge in [-0.3, -0.25) is 9.59 Å². The number of ether oxygens (including phenoxy) is 3. The van der Waals surface area contributed by atoms with Gasteiger partial charge in [0, 0.05) is 26.2 Å². The highest BCUT2D eigenvalue weighted by molar-refractivity contribution is 7.89. The Kier molecular flexibility index (Phi) is 12.2. The first-order valence-corrected chi connectivity index (χ1v) is 16.3. The van der Waals surface area contributed by atoms with Gasteiger partial charge < -0.3 is 24.4 Å². The van der Waals surface area contributed by atoms with E-state index in [4.69, 9.17) is 14.2 Å². The monoisotopic (exact) mass is 623 g/mol. The number of hydrogen-bond acceptors (Lipinski definition) is 7. The summed E-state index contributed by atoms with van der Waals surface area (Å²) in [7, 11) is -2.07. The Hall–Kier alpha value is -3.93. The van der Waals surface area contributed by atoms with Crippen molar-refractivity contribution in [3.63, 3.8) is 0 Å². The maximum atomic E-state index is 13.9. The second kappa shape index (κ2) is 16.2. The summed E-state index contributed by atoms with van der Waals surface area (Å²) in [5.74, 6) is 0.349. The van der Waals surface area contributed by atoms with Crippen LogP contribution in [0.4, 0.5) is 0 Å². The molecule has 0 spiro atoms. The van der Waals surface area contributed by atoms with Crippen molar-refractivity contribution in [3.05, 3.63) is 90.0 Å². The second-order valence-corrected chi connectivity index (χ2v) is 12.4. The van der Waals surface area contributed by atoms with Crippen molar-refractivity contribution in [2.45, 2.75) is 43.7 Å². The van der Waals surface area contributed by atoms with Crippen molar-refractivity contribution in [3.8, 4) is 11.5 Å². The van der Waals surface area contributed by atoms with Gasteiger partial charge in [0.1, 0.15) is 17.5 Å². The Balaban J connectivity index is 1.54. The maximum Gasteiger partial charge on any atom is 0.261 e. The van der Waals surface area contributed by atoms with E-state index in [0.717, 1.165) is 24.8 Å².